The molecule has 2 heteroatoms. The van der Waals surface area contributed by atoms with Crippen molar-refractivity contribution >= 4 is 0 Å². The van der Waals surface area contributed by atoms with Crippen molar-refractivity contribution in [1.82, 2.24) is 5.32 Å². The minimum atomic E-state index is -0.0288. The van der Waals surface area contributed by atoms with Crippen LogP contribution >= 0.6 is 0 Å². The molecular weight excluding hydrogens is 330 g/mol. The lowest BCUT2D eigenvalue weighted by Gasteiger charge is -2.64. The number of hydrogen-bond acceptors (Lipinski definition) is 2. The smallest absolute Gasteiger partial charge is 0.0543 e. The number of aliphatic hydroxyl groups excluding tert-OH is 1. The van der Waals surface area contributed by atoms with Gasteiger partial charge in [-0.05, 0) is 117 Å². The first-order valence-electron chi connectivity index (χ1n) is 12.1. The third kappa shape index (κ3) is 2.87. The minimum Gasteiger partial charge on any atom is -0.393 e. The summed E-state index contributed by atoms with van der Waals surface area (Å²) in [5.41, 5.74) is 1.56. The standard InChI is InChI=1S/C25H45NO/c1-6-17-15-19-20(24(3)11-7-18(27)16-22(17)24)9-12-25(4)21(19)8-10-23(25,2)13-14-26-5/h17-22,26-27H,6-16H2,1-5H3/t17-,18+,19?,20?,21?,22?,23?,24?,25?/m0/s1. The Morgan fingerprint density at radius 1 is 0.926 bits per heavy atom. The van der Waals surface area contributed by atoms with E-state index < -0.39 is 0 Å². The molecule has 0 aromatic heterocycles. The minimum absolute atomic E-state index is 0.0288. The SMILES string of the molecule is CC[C@H]1CC2C(CCC3(C)C2CCC3(C)CCNC)C2(C)CC[C@@H](O)CC12. The molecule has 4 saturated carbocycles. The maximum Gasteiger partial charge on any atom is 0.0543 e. The Hall–Kier alpha value is -0.0800. The average molecular weight is 376 g/mol. The number of nitrogens with one attached hydrogen (secondary N) is 1. The molecule has 156 valence electrons. The van der Waals surface area contributed by atoms with E-state index in [0.717, 1.165) is 42.4 Å². The molecule has 4 aliphatic carbocycles. The Kier molecular flexibility index (Phi) is 5.25. The molecule has 27 heavy (non-hydrogen) atoms. The lowest BCUT2D eigenvalue weighted by molar-refractivity contribution is -0.158. The first-order valence-corrected chi connectivity index (χ1v) is 12.1. The quantitative estimate of drug-likeness (QED) is 0.666. The van der Waals surface area contributed by atoms with Crippen LogP contribution in [0.15, 0.2) is 0 Å². The molecule has 2 nitrogen and oxygen atoms in total. The van der Waals surface area contributed by atoms with E-state index in [4.69, 9.17) is 0 Å². The summed E-state index contributed by atoms with van der Waals surface area (Å²) in [4.78, 5) is 0. The maximum absolute atomic E-state index is 10.4. The normalized spacial score (nSPS) is 54.9. The lowest BCUT2D eigenvalue weighted by Crippen LogP contribution is -2.57. The predicted octanol–water partition coefficient (Wildman–Crippen LogP) is 5.64. The first kappa shape index (κ1) is 20.2. The summed E-state index contributed by atoms with van der Waals surface area (Å²) in [6.07, 6.45) is 13.3. The summed E-state index contributed by atoms with van der Waals surface area (Å²) >= 11 is 0. The summed E-state index contributed by atoms with van der Waals surface area (Å²) in [5, 5.41) is 13.8. The van der Waals surface area contributed by atoms with Gasteiger partial charge in [-0.3, -0.25) is 0 Å². The first-order chi connectivity index (χ1) is 12.8. The largest absolute Gasteiger partial charge is 0.393 e. The highest BCUT2D eigenvalue weighted by atomic mass is 16.3. The van der Waals surface area contributed by atoms with Crippen LogP contribution < -0.4 is 5.32 Å². The highest BCUT2D eigenvalue weighted by Crippen LogP contribution is 2.71. The van der Waals surface area contributed by atoms with Gasteiger partial charge >= 0.3 is 0 Å². The number of rotatable bonds is 4. The fraction of sp³-hybridized carbons (Fsp3) is 1.00. The lowest BCUT2D eigenvalue weighted by atomic mass is 9.41. The van der Waals surface area contributed by atoms with Crippen LogP contribution in [0.3, 0.4) is 0 Å². The van der Waals surface area contributed by atoms with Gasteiger partial charge in [0.1, 0.15) is 0 Å². The molecule has 0 bridgehead atoms. The third-order valence-electron chi connectivity index (χ3n) is 11.0. The molecular formula is C25H45NO. The zero-order chi connectivity index (χ0) is 19.4. The summed E-state index contributed by atoms with van der Waals surface area (Å²) < 4.78 is 0. The van der Waals surface area contributed by atoms with Crippen molar-refractivity contribution in [3.05, 3.63) is 0 Å². The average Bonchev–Trinajstić information content (AvgIpc) is 2.92. The van der Waals surface area contributed by atoms with Crippen molar-refractivity contribution in [1.29, 1.82) is 0 Å². The van der Waals surface area contributed by atoms with Crippen molar-refractivity contribution < 1.29 is 5.11 Å². The molecule has 0 amide bonds. The van der Waals surface area contributed by atoms with Crippen LogP contribution in [0.2, 0.25) is 0 Å². The van der Waals surface area contributed by atoms with Crippen LogP contribution in [0.1, 0.15) is 91.9 Å². The molecule has 0 saturated heterocycles. The predicted molar refractivity (Wildman–Crippen MR) is 114 cm³/mol. The third-order valence-corrected chi connectivity index (χ3v) is 11.0. The van der Waals surface area contributed by atoms with E-state index in [1.165, 1.54) is 57.9 Å². The Labute approximate surface area is 168 Å². The van der Waals surface area contributed by atoms with E-state index >= 15 is 0 Å². The van der Waals surface area contributed by atoms with Crippen LogP contribution in [-0.2, 0) is 0 Å². The molecule has 0 spiro atoms. The van der Waals surface area contributed by atoms with E-state index in [-0.39, 0.29) is 6.10 Å². The molecule has 2 N–H and O–H groups in total. The van der Waals surface area contributed by atoms with Gasteiger partial charge in [-0.1, -0.05) is 34.1 Å². The maximum atomic E-state index is 10.4. The van der Waals surface area contributed by atoms with Gasteiger partial charge in [-0.25, -0.2) is 0 Å². The summed E-state index contributed by atoms with van der Waals surface area (Å²) in [6.45, 7) is 11.5. The Morgan fingerprint density at radius 3 is 2.37 bits per heavy atom. The Bertz CT molecular complexity index is 548. The second kappa shape index (κ2) is 7.01. The van der Waals surface area contributed by atoms with Gasteiger partial charge in [0.15, 0.2) is 0 Å². The molecule has 0 aliphatic heterocycles. The van der Waals surface area contributed by atoms with Gasteiger partial charge in [0.2, 0.25) is 0 Å². The van der Waals surface area contributed by atoms with Gasteiger partial charge in [-0.15, -0.1) is 0 Å². The van der Waals surface area contributed by atoms with Gasteiger partial charge in [-0.2, -0.15) is 0 Å². The summed E-state index contributed by atoms with van der Waals surface area (Å²) in [6, 6.07) is 0. The van der Waals surface area contributed by atoms with E-state index in [0.29, 0.717) is 16.2 Å². The van der Waals surface area contributed by atoms with Crippen LogP contribution in [0.5, 0.6) is 0 Å². The molecule has 4 fully saturated rings. The molecule has 0 radical (unpaired) electrons. The van der Waals surface area contributed by atoms with Gasteiger partial charge in [0.25, 0.3) is 0 Å². The Balaban J connectivity index is 1.63. The van der Waals surface area contributed by atoms with Crippen molar-refractivity contribution in [2.45, 2.75) is 98.0 Å². The van der Waals surface area contributed by atoms with Gasteiger partial charge in [0.05, 0.1) is 6.10 Å². The second-order valence-corrected chi connectivity index (χ2v) is 11.7. The van der Waals surface area contributed by atoms with Crippen LogP contribution in [0, 0.1) is 45.8 Å². The van der Waals surface area contributed by atoms with E-state index in [1.54, 1.807) is 0 Å². The van der Waals surface area contributed by atoms with Crippen LogP contribution in [-0.4, -0.2) is 24.8 Å². The van der Waals surface area contributed by atoms with Crippen molar-refractivity contribution in [2.75, 3.05) is 13.6 Å². The molecule has 0 heterocycles. The van der Waals surface area contributed by atoms with E-state index in [2.05, 4.69) is 40.1 Å². The second-order valence-electron chi connectivity index (χ2n) is 11.7. The van der Waals surface area contributed by atoms with Gasteiger partial charge in [0, 0.05) is 0 Å². The fourth-order valence-corrected chi connectivity index (χ4v) is 9.11. The van der Waals surface area contributed by atoms with Crippen molar-refractivity contribution in [2.24, 2.45) is 45.8 Å². The highest BCUT2D eigenvalue weighted by molar-refractivity contribution is 5.13. The summed E-state index contributed by atoms with van der Waals surface area (Å²) in [5.74, 6) is 4.42. The fourth-order valence-electron chi connectivity index (χ4n) is 9.11. The van der Waals surface area contributed by atoms with Crippen molar-refractivity contribution in [3.63, 3.8) is 0 Å². The molecule has 0 aromatic carbocycles. The highest BCUT2D eigenvalue weighted by Gasteiger charge is 2.64. The molecule has 4 aliphatic rings. The molecule has 4 rings (SSSR count). The number of hydrogen-bond donors (Lipinski definition) is 2. The monoisotopic (exact) mass is 375 g/mol. The van der Waals surface area contributed by atoms with Crippen molar-refractivity contribution in [3.8, 4) is 0 Å². The topological polar surface area (TPSA) is 32.3 Å². The van der Waals surface area contributed by atoms with E-state index in [9.17, 15) is 5.11 Å². The number of fused-ring (bicyclic) bond motifs is 5. The van der Waals surface area contributed by atoms with Crippen LogP contribution in [0.25, 0.3) is 0 Å². The van der Waals surface area contributed by atoms with E-state index in [1.807, 2.05) is 0 Å². The summed E-state index contributed by atoms with van der Waals surface area (Å²) in [7, 11) is 2.11. The molecule has 7 unspecified atom stereocenters. The van der Waals surface area contributed by atoms with Crippen LogP contribution in [0.4, 0.5) is 0 Å². The zero-order valence-corrected chi connectivity index (χ0v) is 18.7. The molecule has 9 atom stereocenters. The number of aliphatic hydroxyl groups is 1. The zero-order valence-electron chi connectivity index (χ0n) is 18.7. The Morgan fingerprint density at radius 2 is 1.67 bits per heavy atom. The molecule has 0 aromatic rings. The van der Waals surface area contributed by atoms with Gasteiger partial charge < -0.3 is 10.4 Å².